The predicted molar refractivity (Wildman–Crippen MR) is 104 cm³/mol. The minimum atomic E-state index is -1.06. The van der Waals surface area contributed by atoms with Gasteiger partial charge in [0.1, 0.15) is 22.8 Å². The van der Waals surface area contributed by atoms with Gasteiger partial charge in [-0.25, -0.2) is 18.7 Å². The lowest BCUT2D eigenvalue weighted by Crippen LogP contribution is -2.37. The Labute approximate surface area is 170 Å². The van der Waals surface area contributed by atoms with E-state index in [1.54, 1.807) is 29.6 Å². The number of esters is 1. The summed E-state index contributed by atoms with van der Waals surface area (Å²) in [7, 11) is 1.50. The molecule has 3 amide bonds. The third kappa shape index (κ3) is 4.79. The maximum absolute atomic E-state index is 13.2. The summed E-state index contributed by atoms with van der Waals surface area (Å²) in [6, 6.07) is 11.3. The number of amides is 3. The number of halogens is 1. The Morgan fingerprint density at radius 2 is 1.90 bits per heavy atom. The first-order valence-corrected chi connectivity index (χ1v) is 8.64. The van der Waals surface area contributed by atoms with Crippen LogP contribution >= 0.6 is 0 Å². The zero-order valence-corrected chi connectivity index (χ0v) is 15.8. The molecule has 10 heteroatoms. The number of primary amides is 1. The van der Waals surface area contributed by atoms with Gasteiger partial charge in [-0.15, -0.1) is 0 Å². The van der Waals surface area contributed by atoms with E-state index in [1.807, 2.05) is 0 Å². The fourth-order valence-corrected chi connectivity index (χ4v) is 2.62. The fraction of sp³-hybridized carbons (Fsp3) is 0.100. The van der Waals surface area contributed by atoms with Crippen molar-refractivity contribution in [1.29, 1.82) is 0 Å². The van der Waals surface area contributed by atoms with Crippen LogP contribution in [0.1, 0.15) is 10.4 Å². The van der Waals surface area contributed by atoms with Gasteiger partial charge in [0, 0.05) is 11.8 Å². The number of nitrogens with one attached hydrogen (secondary N) is 1. The van der Waals surface area contributed by atoms with Crippen molar-refractivity contribution >= 4 is 17.9 Å². The maximum atomic E-state index is 13.2. The molecule has 0 fully saturated rings. The van der Waals surface area contributed by atoms with E-state index in [9.17, 15) is 18.8 Å². The van der Waals surface area contributed by atoms with Crippen molar-refractivity contribution in [2.45, 2.75) is 0 Å². The van der Waals surface area contributed by atoms with Gasteiger partial charge in [-0.1, -0.05) is 12.1 Å². The first-order chi connectivity index (χ1) is 14.4. The SMILES string of the molecule is COc1cccc(-c2nn(-c3ccc(F)cc3)cc2C(=O)OCC(=O)NC(N)=O)c1. The highest BCUT2D eigenvalue weighted by Crippen LogP contribution is 2.27. The highest BCUT2D eigenvalue weighted by atomic mass is 19.1. The van der Waals surface area contributed by atoms with Crippen LogP contribution in [0.15, 0.2) is 54.7 Å². The maximum Gasteiger partial charge on any atom is 0.342 e. The van der Waals surface area contributed by atoms with Crippen LogP contribution in [0.4, 0.5) is 9.18 Å². The molecule has 30 heavy (non-hydrogen) atoms. The molecule has 0 radical (unpaired) electrons. The number of rotatable bonds is 6. The third-order valence-electron chi connectivity index (χ3n) is 3.97. The minimum absolute atomic E-state index is 0.0550. The fourth-order valence-electron chi connectivity index (χ4n) is 2.62. The van der Waals surface area contributed by atoms with Crippen LogP contribution in [-0.4, -0.2) is 41.4 Å². The number of carbonyl (C=O) groups excluding carboxylic acids is 3. The number of carbonyl (C=O) groups is 3. The second-order valence-corrected chi connectivity index (χ2v) is 6.03. The number of hydrogen-bond acceptors (Lipinski definition) is 6. The van der Waals surface area contributed by atoms with E-state index >= 15 is 0 Å². The molecule has 0 atom stereocenters. The molecule has 0 saturated carbocycles. The lowest BCUT2D eigenvalue weighted by molar-refractivity contribution is -0.123. The van der Waals surface area contributed by atoms with E-state index in [0.717, 1.165) is 0 Å². The van der Waals surface area contributed by atoms with Crippen molar-refractivity contribution in [1.82, 2.24) is 15.1 Å². The van der Waals surface area contributed by atoms with E-state index in [-0.39, 0.29) is 11.3 Å². The Morgan fingerprint density at radius 3 is 2.57 bits per heavy atom. The van der Waals surface area contributed by atoms with Crippen molar-refractivity contribution in [2.24, 2.45) is 5.73 Å². The molecule has 3 aromatic rings. The highest BCUT2D eigenvalue weighted by molar-refractivity contribution is 5.99. The molecular weight excluding hydrogens is 395 g/mol. The second kappa shape index (κ2) is 8.86. The molecule has 0 saturated heterocycles. The third-order valence-corrected chi connectivity index (χ3v) is 3.97. The molecule has 0 bridgehead atoms. The molecule has 1 heterocycles. The van der Waals surface area contributed by atoms with Gasteiger partial charge >= 0.3 is 12.0 Å². The molecule has 0 unspecified atom stereocenters. The smallest absolute Gasteiger partial charge is 0.342 e. The molecule has 0 aliphatic carbocycles. The van der Waals surface area contributed by atoms with Crippen LogP contribution in [0.3, 0.4) is 0 Å². The lowest BCUT2D eigenvalue weighted by Gasteiger charge is -2.06. The average Bonchev–Trinajstić information content (AvgIpc) is 3.17. The molecule has 154 valence electrons. The number of benzene rings is 2. The number of imide groups is 1. The van der Waals surface area contributed by atoms with Gasteiger partial charge in [-0.05, 0) is 36.4 Å². The number of methoxy groups -OCH3 is 1. The number of aromatic nitrogens is 2. The Hall–Kier alpha value is -4.21. The number of nitrogens with two attached hydrogens (primary N) is 1. The summed E-state index contributed by atoms with van der Waals surface area (Å²) in [5.74, 6) is -1.59. The van der Waals surface area contributed by atoms with Crippen LogP contribution in [0.25, 0.3) is 16.9 Å². The van der Waals surface area contributed by atoms with Crippen molar-refractivity contribution in [3.8, 4) is 22.7 Å². The summed E-state index contributed by atoms with van der Waals surface area (Å²) in [6.07, 6.45) is 1.40. The van der Waals surface area contributed by atoms with E-state index < -0.39 is 30.3 Å². The van der Waals surface area contributed by atoms with Crippen molar-refractivity contribution in [3.63, 3.8) is 0 Å². The summed E-state index contributed by atoms with van der Waals surface area (Å²) in [5, 5.41) is 6.21. The van der Waals surface area contributed by atoms with Crippen molar-refractivity contribution < 1.29 is 28.2 Å². The first kappa shape index (κ1) is 20.5. The number of ether oxygens (including phenoxy) is 2. The predicted octanol–water partition coefficient (Wildman–Crippen LogP) is 2.04. The summed E-state index contributed by atoms with van der Waals surface area (Å²) in [6.45, 7) is -0.707. The van der Waals surface area contributed by atoms with Crippen LogP contribution in [0.2, 0.25) is 0 Å². The zero-order valence-electron chi connectivity index (χ0n) is 15.8. The molecule has 3 rings (SSSR count). The second-order valence-electron chi connectivity index (χ2n) is 6.03. The van der Waals surface area contributed by atoms with Crippen molar-refractivity contribution in [2.75, 3.05) is 13.7 Å². The number of hydrogen-bond donors (Lipinski definition) is 2. The Morgan fingerprint density at radius 1 is 1.17 bits per heavy atom. The van der Waals surface area contributed by atoms with Crippen LogP contribution in [0.5, 0.6) is 5.75 Å². The van der Waals surface area contributed by atoms with Gasteiger partial charge in [-0.2, -0.15) is 5.10 Å². The summed E-state index contributed by atoms with van der Waals surface area (Å²) >= 11 is 0. The normalized spacial score (nSPS) is 10.3. The van der Waals surface area contributed by atoms with Crippen LogP contribution in [0, 0.1) is 5.82 Å². The standard InChI is InChI=1S/C20H17FN4O5/c1-29-15-4-2-3-12(9-15)18-16(19(27)30-11-17(26)23-20(22)28)10-25(24-18)14-7-5-13(21)6-8-14/h2-10H,11H2,1H3,(H3,22,23,26,28). The lowest BCUT2D eigenvalue weighted by atomic mass is 10.1. The summed E-state index contributed by atoms with van der Waals surface area (Å²) in [4.78, 5) is 34.8. The summed E-state index contributed by atoms with van der Waals surface area (Å²) < 4.78 is 24.8. The van der Waals surface area contributed by atoms with Gasteiger partial charge in [-0.3, -0.25) is 10.1 Å². The zero-order chi connectivity index (χ0) is 21.7. The van der Waals surface area contributed by atoms with E-state index in [1.165, 1.54) is 42.3 Å². The summed E-state index contributed by atoms with van der Waals surface area (Å²) in [5.41, 5.74) is 6.24. The molecular formula is C20H17FN4O5. The highest BCUT2D eigenvalue weighted by Gasteiger charge is 2.21. The number of urea groups is 1. The van der Waals surface area contributed by atoms with Gasteiger partial charge in [0.05, 0.1) is 12.8 Å². The molecule has 3 N–H and O–H groups in total. The number of nitrogens with zero attached hydrogens (tertiary/aromatic N) is 2. The average molecular weight is 412 g/mol. The van der Waals surface area contributed by atoms with E-state index in [4.69, 9.17) is 15.2 Å². The molecule has 2 aromatic carbocycles. The van der Waals surface area contributed by atoms with Gasteiger partial charge < -0.3 is 15.2 Å². The largest absolute Gasteiger partial charge is 0.497 e. The molecule has 0 aliphatic rings. The molecule has 0 aliphatic heterocycles. The van der Waals surface area contributed by atoms with Crippen LogP contribution in [-0.2, 0) is 9.53 Å². The topological polar surface area (TPSA) is 126 Å². The van der Waals surface area contributed by atoms with Gasteiger partial charge in [0.2, 0.25) is 0 Å². The quantitative estimate of drug-likeness (QED) is 0.597. The van der Waals surface area contributed by atoms with Gasteiger partial charge in [0.15, 0.2) is 6.61 Å². The Bertz CT molecular complexity index is 1090. The monoisotopic (exact) mass is 412 g/mol. The van der Waals surface area contributed by atoms with Gasteiger partial charge in [0.25, 0.3) is 5.91 Å². The molecule has 1 aromatic heterocycles. The first-order valence-electron chi connectivity index (χ1n) is 8.64. The van der Waals surface area contributed by atoms with E-state index in [0.29, 0.717) is 17.0 Å². The molecule has 0 spiro atoms. The minimum Gasteiger partial charge on any atom is -0.497 e. The van der Waals surface area contributed by atoms with Crippen molar-refractivity contribution in [3.05, 3.63) is 66.1 Å². The molecule has 9 nitrogen and oxygen atoms in total. The van der Waals surface area contributed by atoms with E-state index in [2.05, 4.69) is 5.10 Å². The Kier molecular flexibility index (Phi) is 6.06. The Balaban J connectivity index is 1.96. The van der Waals surface area contributed by atoms with Crippen LogP contribution < -0.4 is 15.8 Å².